The molecule has 0 spiro atoms. The maximum absolute atomic E-state index is 15.3. The molecule has 0 heterocycles. The van der Waals surface area contributed by atoms with Crippen LogP contribution in [0.1, 0.15) is 36.8 Å². The van der Waals surface area contributed by atoms with Crippen molar-refractivity contribution in [2.45, 2.75) is 54.3 Å². The molecule has 0 radical (unpaired) electrons. The fourth-order valence-corrected chi connectivity index (χ4v) is 5.17. The fourth-order valence-electron chi connectivity index (χ4n) is 3.43. The third-order valence-electron chi connectivity index (χ3n) is 5.12. The lowest BCUT2D eigenvalue weighted by Gasteiger charge is -2.34. The summed E-state index contributed by atoms with van der Waals surface area (Å²) in [7, 11) is -4.53. The molecular weight excluding hydrogens is 394 g/mol. The van der Waals surface area contributed by atoms with Crippen LogP contribution in [-0.4, -0.2) is 19.5 Å². The Balaban J connectivity index is 1.68. The number of hydrogen-bond acceptors (Lipinski definition) is 3. The highest BCUT2D eigenvalue weighted by Crippen LogP contribution is 2.41. The van der Waals surface area contributed by atoms with Crippen molar-refractivity contribution in [1.82, 2.24) is 5.32 Å². The molecule has 3 nitrogen and oxygen atoms in total. The largest absolute Gasteiger partial charge is 0.416 e. The molecule has 8 heteroatoms. The van der Waals surface area contributed by atoms with E-state index in [1.54, 1.807) is 0 Å². The molecule has 1 aliphatic rings. The Bertz CT molecular complexity index is 905. The van der Waals surface area contributed by atoms with Gasteiger partial charge >= 0.3 is 6.18 Å². The van der Waals surface area contributed by atoms with Crippen LogP contribution in [0.3, 0.4) is 0 Å². The molecular formula is C20H21F4NO2S. The molecule has 2 aromatic carbocycles. The monoisotopic (exact) mass is 415 g/mol. The first kappa shape index (κ1) is 20.8. The van der Waals surface area contributed by atoms with Crippen molar-refractivity contribution in [2.75, 3.05) is 0 Å². The maximum atomic E-state index is 15.3. The predicted octanol–water partition coefficient (Wildman–Crippen LogP) is 4.88. The number of halogens is 4. The van der Waals surface area contributed by atoms with Crippen LogP contribution in [0.15, 0.2) is 59.5 Å². The van der Waals surface area contributed by atoms with Crippen molar-refractivity contribution in [3.05, 3.63) is 65.7 Å². The molecule has 1 saturated carbocycles. The number of rotatable bonds is 5. The highest BCUT2D eigenvalue weighted by molar-refractivity contribution is 7.92. The summed E-state index contributed by atoms with van der Waals surface area (Å²) in [5.41, 5.74) is -0.0356. The minimum atomic E-state index is -4.69. The number of benzene rings is 2. The van der Waals surface area contributed by atoms with Gasteiger partial charge in [-0.25, -0.2) is 12.8 Å². The lowest BCUT2D eigenvalue weighted by atomic mass is 9.93. The van der Waals surface area contributed by atoms with E-state index in [4.69, 9.17) is 0 Å². The van der Waals surface area contributed by atoms with E-state index >= 15 is 4.39 Å². The van der Waals surface area contributed by atoms with Gasteiger partial charge < -0.3 is 5.32 Å². The minimum Gasteiger partial charge on any atom is -0.310 e. The number of hydrogen-bond donors (Lipinski definition) is 1. The predicted molar refractivity (Wildman–Crippen MR) is 98.0 cm³/mol. The molecule has 0 saturated heterocycles. The quantitative estimate of drug-likeness (QED) is 0.709. The summed E-state index contributed by atoms with van der Waals surface area (Å²) < 4.78 is 79.3. The summed E-state index contributed by atoms with van der Waals surface area (Å²) in [6, 6.07) is 12.9. The molecule has 0 amide bonds. The van der Waals surface area contributed by atoms with Crippen LogP contribution in [-0.2, 0) is 22.6 Å². The van der Waals surface area contributed by atoms with Gasteiger partial charge in [-0.2, -0.15) is 13.2 Å². The van der Waals surface area contributed by atoms with Gasteiger partial charge in [0.05, 0.1) is 10.5 Å². The van der Waals surface area contributed by atoms with E-state index < -0.39 is 31.5 Å². The van der Waals surface area contributed by atoms with Gasteiger partial charge in [0.2, 0.25) is 14.8 Å². The van der Waals surface area contributed by atoms with Crippen molar-refractivity contribution in [3.63, 3.8) is 0 Å². The van der Waals surface area contributed by atoms with Crippen LogP contribution in [0.25, 0.3) is 0 Å². The highest BCUT2D eigenvalue weighted by Gasteiger charge is 2.48. The van der Waals surface area contributed by atoms with E-state index in [1.807, 2.05) is 30.3 Å². The van der Waals surface area contributed by atoms with Gasteiger partial charge in [0.25, 0.3) is 0 Å². The van der Waals surface area contributed by atoms with Crippen molar-refractivity contribution < 1.29 is 26.0 Å². The van der Waals surface area contributed by atoms with E-state index in [0.717, 1.165) is 23.8 Å². The van der Waals surface area contributed by atoms with E-state index in [0.29, 0.717) is 25.5 Å². The average molecular weight is 415 g/mol. The zero-order valence-corrected chi connectivity index (χ0v) is 15.9. The van der Waals surface area contributed by atoms with E-state index in [1.165, 1.54) is 0 Å². The summed E-state index contributed by atoms with van der Waals surface area (Å²) >= 11 is 0. The first-order valence-electron chi connectivity index (χ1n) is 9.00. The Morgan fingerprint density at radius 2 is 1.64 bits per heavy atom. The second-order valence-corrected chi connectivity index (χ2v) is 9.26. The first-order chi connectivity index (χ1) is 13.1. The van der Waals surface area contributed by atoms with Gasteiger partial charge in [0, 0.05) is 12.6 Å². The topological polar surface area (TPSA) is 46.2 Å². The van der Waals surface area contributed by atoms with Gasteiger partial charge in [0.1, 0.15) is 0 Å². The van der Waals surface area contributed by atoms with Gasteiger partial charge in [0.15, 0.2) is 0 Å². The summed E-state index contributed by atoms with van der Waals surface area (Å²) in [6.07, 6.45) is -4.60. The summed E-state index contributed by atoms with van der Waals surface area (Å²) in [4.78, 5) is -0.625. The van der Waals surface area contributed by atoms with Crippen molar-refractivity contribution in [1.29, 1.82) is 0 Å². The third-order valence-corrected chi connectivity index (χ3v) is 7.37. The second-order valence-electron chi connectivity index (χ2n) is 7.05. The van der Waals surface area contributed by atoms with E-state index in [-0.39, 0.29) is 18.9 Å². The highest BCUT2D eigenvalue weighted by atomic mass is 32.2. The molecule has 0 aromatic heterocycles. The molecule has 0 atom stereocenters. The standard InChI is InChI=1S/C20H21F4NO2S/c21-19(28(26,27)18-8-4-7-16(13-18)20(22,23)24)11-9-17(10-12-19)25-14-15-5-2-1-3-6-15/h1-8,13,17,25H,9-12,14H2. The molecule has 3 rings (SSSR count). The third kappa shape index (κ3) is 4.38. The van der Waals surface area contributed by atoms with E-state index in [9.17, 15) is 21.6 Å². The van der Waals surface area contributed by atoms with Crippen LogP contribution >= 0.6 is 0 Å². The number of sulfone groups is 1. The summed E-state index contributed by atoms with van der Waals surface area (Å²) in [6.45, 7) is 0.588. The van der Waals surface area contributed by atoms with Crippen LogP contribution in [0.5, 0.6) is 0 Å². The first-order valence-corrected chi connectivity index (χ1v) is 10.5. The molecule has 152 valence electrons. The molecule has 1 fully saturated rings. The van der Waals surface area contributed by atoms with Crippen LogP contribution in [0, 0.1) is 0 Å². The Morgan fingerprint density at radius 3 is 2.25 bits per heavy atom. The molecule has 28 heavy (non-hydrogen) atoms. The molecule has 1 N–H and O–H groups in total. The average Bonchev–Trinajstić information content (AvgIpc) is 2.68. The Hall–Kier alpha value is -1.93. The van der Waals surface area contributed by atoms with Gasteiger partial charge in [-0.05, 0) is 49.4 Å². The lowest BCUT2D eigenvalue weighted by molar-refractivity contribution is -0.137. The maximum Gasteiger partial charge on any atom is 0.416 e. The Morgan fingerprint density at radius 1 is 1.00 bits per heavy atom. The molecule has 2 aromatic rings. The summed E-state index contributed by atoms with van der Waals surface area (Å²) in [5, 5.41) is 0.732. The van der Waals surface area contributed by atoms with Gasteiger partial charge in [-0.1, -0.05) is 36.4 Å². The Kier molecular flexibility index (Phi) is 5.82. The number of alkyl halides is 4. The van der Waals surface area contributed by atoms with Crippen molar-refractivity contribution in [2.24, 2.45) is 0 Å². The van der Waals surface area contributed by atoms with Crippen molar-refractivity contribution >= 4 is 9.84 Å². The van der Waals surface area contributed by atoms with Crippen LogP contribution in [0.4, 0.5) is 17.6 Å². The van der Waals surface area contributed by atoms with E-state index in [2.05, 4.69) is 5.32 Å². The molecule has 0 aliphatic heterocycles. The minimum absolute atomic E-state index is 0.0409. The zero-order chi connectivity index (χ0) is 20.4. The second kappa shape index (κ2) is 7.83. The van der Waals surface area contributed by atoms with Crippen LogP contribution < -0.4 is 5.32 Å². The van der Waals surface area contributed by atoms with Gasteiger partial charge in [-0.3, -0.25) is 0 Å². The smallest absolute Gasteiger partial charge is 0.310 e. The molecule has 0 unspecified atom stereocenters. The molecule has 0 bridgehead atoms. The van der Waals surface area contributed by atoms with Gasteiger partial charge in [-0.15, -0.1) is 0 Å². The Labute approximate surface area is 161 Å². The normalized spacial score (nSPS) is 23.5. The molecule has 1 aliphatic carbocycles. The number of nitrogens with one attached hydrogen (secondary N) is 1. The lowest BCUT2D eigenvalue weighted by Crippen LogP contribution is -2.43. The zero-order valence-electron chi connectivity index (χ0n) is 15.0. The van der Waals surface area contributed by atoms with Crippen molar-refractivity contribution in [3.8, 4) is 0 Å². The SMILES string of the molecule is O=S(=O)(c1cccc(C(F)(F)F)c1)C1(F)CCC(NCc2ccccc2)CC1. The van der Waals surface area contributed by atoms with Crippen LogP contribution in [0.2, 0.25) is 0 Å². The fraction of sp³-hybridized carbons (Fsp3) is 0.400. The summed E-state index contributed by atoms with van der Waals surface area (Å²) in [5.74, 6) is 0.